The van der Waals surface area contributed by atoms with E-state index >= 15 is 0 Å². The van der Waals surface area contributed by atoms with Crippen LogP contribution in [0.5, 0.6) is 0 Å². The van der Waals surface area contributed by atoms with Crippen LogP contribution in [0.2, 0.25) is 0 Å². The standard InChI is InChI=1S/C18H20N2O4S2/c1-12(21)19-17-16(13(11-26-17)14-6-5-9-25-14)18(23)24-10-15(22)20-7-3-2-4-8-20/h5-6,9,11H,2-4,7-8,10H2,1H3,(H,19,21). The number of ether oxygens (including phenoxy) is 1. The first-order valence-electron chi connectivity index (χ1n) is 8.44. The van der Waals surface area contributed by atoms with E-state index in [0.717, 1.165) is 24.1 Å². The van der Waals surface area contributed by atoms with Gasteiger partial charge in [-0.2, -0.15) is 0 Å². The monoisotopic (exact) mass is 392 g/mol. The Morgan fingerprint density at radius 2 is 1.96 bits per heavy atom. The predicted octanol–water partition coefficient (Wildman–Crippen LogP) is 3.60. The Morgan fingerprint density at radius 1 is 1.19 bits per heavy atom. The lowest BCUT2D eigenvalue weighted by molar-refractivity contribution is -0.135. The Balaban J connectivity index is 1.75. The van der Waals surface area contributed by atoms with Crippen molar-refractivity contribution in [3.63, 3.8) is 0 Å². The Hall–Kier alpha value is -2.19. The highest BCUT2D eigenvalue weighted by Gasteiger charge is 2.25. The molecule has 8 heteroatoms. The van der Waals surface area contributed by atoms with Crippen LogP contribution < -0.4 is 5.32 Å². The van der Waals surface area contributed by atoms with Gasteiger partial charge in [0.2, 0.25) is 5.91 Å². The second-order valence-electron chi connectivity index (χ2n) is 6.03. The van der Waals surface area contributed by atoms with Crippen LogP contribution in [0.1, 0.15) is 36.5 Å². The fourth-order valence-electron chi connectivity index (χ4n) is 2.86. The van der Waals surface area contributed by atoms with Crippen LogP contribution in [0, 0.1) is 0 Å². The summed E-state index contributed by atoms with van der Waals surface area (Å²) >= 11 is 2.77. The van der Waals surface area contributed by atoms with Crippen LogP contribution in [0.3, 0.4) is 0 Å². The van der Waals surface area contributed by atoms with E-state index < -0.39 is 5.97 Å². The zero-order valence-electron chi connectivity index (χ0n) is 14.4. The highest BCUT2D eigenvalue weighted by Crippen LogP contribution is 2.38. The van der Waals surface area contributed by atoms with Crippen molar-refractivity contribution in [3.8, 4) is 10.4 Å². The molecule has 3 rings (SSSR count). The van der Waals surface area contributed by atoms with Crippen molar-refractivity contribution < 1.29 is 19.1 Å². The molecule has 0 atom stereocenters. The van der Waals surface area contributed by atoms with Crippen LogP contribution in [-0.4, -0.2) is 42.4 Å². The summed E-state index contributed by atoms with van der Waals surface area (Å²) in [6, 6.07) is 3.80. The predicted molar refractivity (Wildman–Crippen MR) is 103 cm³/mol. The van der Waals surface area contributed by atoms with Crippen molar-refractivity contribution in [2.24, 2.45) is 0 Å². The SMILES string of the molecule is CC(=O)Nc1scc(-c2cccs2)c1C(=O)OCC(=O)N1CCCCC1. The number of hydrogen-bond acceptors (Lipinski definition) is 6. The topological polar surface area (TPSA) is 75.7 Å². The lowest BCUT2D eigenvalue weighted by atomic mass is 10.1. The molecule has 1 N–H and O–H groups in total. The van der Waals surface area contributed by atoms with Gasteiger partial charge in [-0.3, -0.25) is 9.59 Å². The van der Waals surface area contributed by atoms with Gasteiger partial charge in [-0.15, -0.1) is 22.7 Å². The number of carbonyl (C=O) groups excluding carboxylic acids is 3. The van der Waals surface area contributed by atoms with E-state index in [4.69, 9.17) is 4.74 Å². The lowest BCUT2D eigenvalue weighted by Crippen LogP contribution is -2.38. The second-order valence-corrected chi connectivity index (χ2v) is 7.86. The number of carbonyl (C=O) groups is 3. The quantitative estimate of drug-likeness (QED) is 0.789. The Morgan fingerprint density at radius 3 is 2.62 bits per heavy atom. The van der Waals surface area contributed by atoms with E-state index in [1.807, 2.05) is 22.9 Å². The molecular weight excluding hydrogens is 372 g/mol. The molecule has 0 spiro atoms. The van der Waals surface area contributed by atoms with Crippen molar-refractivity contribution in [1.29, 1.82) is 0 Å². The minimum atomic E-state index is -0.594. The number of amides is 2. The van der Waals surface area contributed by atoms with Crippen LogP contribution in [0.25, 0.3) is 10.4 Å². The van der Waals surface area contributed by atoms with Crippen molar-refractivity contribution in [1.82, 2.24) is 4.90 Å². The van der Waals surface area contributed by atoms with Gasteiger partial charge in [-0.25, -0.2) is 4.79 Å². The maximum atomic E-state index is 12.7. The second kappa shape index (κ2) is 8.46. The zero-order valence-corrected chi connectivity index (χ0v) is 16.1. The van der Waals surface area contributed by atoms with Gasteiger partial charge in [0.15, 0.2) is 6.61 Å². The maximum absolute atomic E-state index is 12.7. The summed E-state index contributed by atoms with van der Waals surface area (Å²) in [4.78, 5) is 39.0. The number of likely N-dealkylation sites (tertiary alicyclic amines) is 1. The smallest absolute Gasteiger partial charge is 0.342 e. The lowest BCUT2D eigenvalue weighted by Gasteiger charge is -2.26. The minimum absolute atomic E-state index is 0.174. The van der Waals surface area contributed by atoms with Gasteiger partial charge in [0.1, 0.15) is 10.6 Å². The van der Waals surface area contributed by atoms with E-state index in [0.29, 0.717) is 29.2 Å². The van der Waals surface area contributed by atoms with Gasteiger partial charge in [0.25, 0.3) is 5.91 Å². The molecule has 0 saturated carbocycles. The van der Waals surface area contributed by atoms with Gasteiger partial charge in [0, 0.05) is 35.8 Å². The number of nitrogens with one attached hydrogen (secondary N) is 1. The fourth-order valence-corrected chi connectivity index (χ4v) is 4.68. The summed E-state index contributed by atoms with van der Waals surface area (Å²) in [6.07, 6.45) is 3.10. The van der Waals surface area contributed by atoms with Crippen molar-refractivity contribution >= 4 is 45.5 Å². The van der Waals surface area contributed by atoms with Crippen molar-refractivity contribution in [2.75, 3.05) is 25.0 Å². The van der Waals surface area contributed by atoms with Gasteiger partial charge >= 0.3 is 5.97 Å². The number of hydrogen-bond donors (Lipinski definition) is 1. The average Bonchev–Trinajstić information content (AvgIpc) is 3.29. The molecule has 2 amide bonds. The van der Waals surface area contributed by atoms with Gasteiger partial charge in [-0.1, -0.05) is 6.07 Å². The number of anilines is 1. The third-order valence-corrected chi connectivity index (χ3v) is 5.91. The minimum Gasteiger partial charge on any atom is -0.452 e. The zero-order chi connectivity index (χ0) is 18.5. The molecule has 3 heterocycles. The Bertz CT molecular complexity index is 792. The molecular formula is C18H20N2O4S2. The summed E-state index contributed by atoms with van der Waals surface area (Å²) < 4.78 is 5.29. The number of esters is 1. The van der Waals surface area contributed by atoms with Crippen LogP contribution in [0.4, 0.5) is 5.00 Å². The summed E-state index contributed by atoms with van der Waals surface area (Å²) in [5.41, 5.74) is 1.02. The molecule has 0 unspecified atom stereocenters. The van der Waals surface area contributed by atoms with E-state index in [-0.39, 0.29) is 18.4 Å². The Kier molecular flexibility index (Phi) is 6.05. The largest absolute Gasteiger partial charge is 0.452 e. The average molecular weight is 393 g/mol. The molecule has 2 aromatic heterocycles. The molecule has 0 aromatic carbocycles. The number of piperidine rings is 1. The molecule has 1 saturated heterocycles. The number of thiophene rings is 2. The number of rotatable bonds is 5. The van der Waals surface area contributed by atoms with Gasteiger partial charge in [0.05, 0.1) is 0 Å². The van der Waals surface area contributed by atoms with E-state index in [9.17, 15) is 14.4 Å². The summed E-state index contributed by atoms with van der Waals surface area (Å²) in [5.74, 6) is -1.03. The first-order valence-corrected chi connectivity index (χ1v) is 10.2. The van der Waals surface area contributed by atoms with Gasteiger partial charge < -0.3 is 15.0 Å². The summed E-state index contributed by atoms with van der Waals surface area (Å²) in [5, 5.41) is 6.85. The molecule has 6 nitrogen and oxygen atoms in total. The highest BCUT2D eigenvalue weighted by molar-refractivity contribution is 7.17. The molecule has 26 heavy (non-hydrogen) atoms. The Labute approximate surface area is 159 Å². The molecule has 138 valence electrons. The van der Waals surface area contributed by atoms with E-state index in [1.165, 1.54) is 29.6 Å². The van der Waals surface area contributed by atoms with E-state index in [1.54, 1.807) is 4.90 Å². The van der Waals surface area contributed by atoms with E-state index in [2.05, 4.69) is 5.32 Å². The highest BCUT2D eigenvalue weighted by atomic mass is 32.1. The molecule has 1 aliphatic rings. The van der Waals surface area contributed by atoms with Crippen molar-refractivity contribution in [2.45, 2.75) is 26.2 Å². The summed E-state index contributed by atoms with van der Waals surface area (Å²) in [6.45, 7) is 2.54. The molecule has 0 aliphatic carbocycles. The fraction of sp³-hybridized carbons (Fsp3) is 0.389. The molecule has 1 fully saturated rings. The first kappa shape index (κ1) is 18.6. The third kappa shape index (κ3) is 4.31. The maximum Gasteiger partial charge on any atom is 0.342 e. The molecule has 0 bridgehead atoms. The van der Waals surface area contributed by atoms with Crippen molar-refractivity contribution in [3.05, 3.63) is 28.5 Å². The van der Waals surface area contributed by atoms with Crippen LogP contribution >= 0.6 is 22.7 Å². The van der Waals surface area contributed by atoms with Crippen LogP contribution in [-0.2, 0) is 14.3 Å². The summed E-state index contributed by atoms with van der Waals surface area (Å²) in [7, 11) is 0. The molecule has 2 aromatic rings. The normalized spacial score (nSPS) is 14.1. The van der Waals surface area contributed by atoms with Crippen LogP contribution in [0.15, 0.2) is 22.9 Å². The number of nitrogens with zero attached hydrogens (tertiary/aromatic N) is 1. The third-order valence-electron chi connectivity index (χ3n) is 4.11. The molecule has 1 aliphatic heterocycles. The first-order chi connectivity index (χ1) is 12.6. The molecule has 0 radical (unpaired) electrons. The van der Waals surface area contributed by atoms with Gasteiger partial charge in [-0.05, 0) is 30.7 Å².